The van der Waals surface area contributed by atoms with Crippen LogP contribution in [0.15, 0.2) is 0 Å². The van der Waals surface area contributed by atoms with E-state index < -0.39 is 12.1 Å². The molecule has 1 amide bonds. The molecule has 2 unspecified atom stereocenters. The number of amides is 1. The first-order chi connectivity index (χ1) is 14.6. The number of unbranched alkanes of at least 4 members (excludes halogenated alkanes) is 6. The topological polar surface area (TPSA) is 64.6 Å². The minimum Gasteiger partial charge on any atom is -0.464 e. The zero-order valence-electron chi connectivity index (χ0n) is 19.9. The third kappa shape index (κ3) is 11.8. The monoisotopic (exact) mass is 425 g/mol. The normalized spacial score (nSPS) is 16.6. The summed E-state index contributed by atoms with van der Waals surface area (Å²) in [7, 11) is 0. The van der Waals surface area contributed by atoms with Crippen molar-refractivity contribution in [2.75, 3.05) is 13.2 Å². The van der Waals surface area contributed by atoms with E-state index in [2.05, 4.69) is 26.1 Å². The van der Waals surface area contributed by atoms with Crippen LogP contribution >= 0.6 is 0 Å². The average Bonchev–Trinajstić information content (AvgIpc) is 2.77. The van der Waals surface area contributed by atoms with Gasteiger partial charge in [0.15, 0.2) is 0 Å². The number of ether oxygens (including phenoxy) is 2. The van der Waals surface area contributed by atoms with Crippen LogP contribution in [0.1, 0.15) is 117 Å². The summed E-state index contributed by atoms with van der Waals surface area (Å²) in [5.41, 5.74) is 0. The lowest BCUT2D eigenvalue weighted by Gasteiger charge is -2.29. The number of rotatable bonds is 16. The Hall–Kier alpha value is -1.26. The SMILES string of the molecule is CCCCCCCCOC(=O)C(NC(=O)OCC(CC)CCCC)C1CCCCC1. The third-order valence-corrected chi connectivity index (χ3v) is 6.38. The highest BCUT2D eigenvalue weighted by atomic mass is 16.6. The van der Waals surface area contributed by atoms with Crippen molar-refractivity contribution in [3.8, 4) is 0 Å². The number of carbonyl (C=O) groups is 2. The van der Waals surface area contributed by atoms with E-state index in [1.165, 1.54) is 32.1 Å². The van der Waals surface area contributed by atoms with E-state index in [0.717, 1.165) is 64.2 Å². The fourth-order valence-electron chi connectivity index (χ4n) is 4.24. The summed E-state index contributed by atoms with van der Waals surface area (Å²) in [5, 5.41) is 2.86. The molecule has 30 heavy (non-hydrogen) atoms. The number of hydrogen-bond acceptors (Lipinski definition) is 4. The lowest BCUT2D eigenvalue weighted by Crippen LogP contribution is -2.48. The standard InChI is InChI=1S/C25H47NO4/c1-4-7-9-10-11-15-19-29-24(27)23(22-17-13-12-14-18-22)26-25(28)30-20-21(6-3)16-8-5-2/h21-23H,4-20H2,1-3H3,(H,26,28). The van der Waals surface area contributed by atoms with Gasteiger partial charge in [0, 0.05) is 0 Å². The summed E-state index contributed by atoms with van der Waals surface area (Å²) in [4.78, 5) is 25.2. The lowest BCUT2D eigenvalue weighted by atomic mass is 9.84. The Balaban J connectivity index is 2.46. The number of alkyl carbamates (subject to hydrolysis) is 1. The Morgan fingerprint density at radius 1 is 0.867 bits per heavy atom. The van der Waals surface area contributed by atoms with E-state index >= 15 is 0 Å². The summed E-state index contributed by atoms with van der Waals surface area (Å²) in [6, 6.07) is -0.575. The van der Waals surface area contributed by atoms with Gasteiger partial charge in [-0.1, -0.05) is 91.4 Å². The second-order valence-electron chi connectivity index (χ2n) is 8.97. The van der Waals surface area contributed by atoms with Gasteiger partial charge in [0.25, 0.3) is 0 Å². The Morgan fingerprint density at radius 2 is 1.53 bits per heavy atom. The first-order valence-electron chi connectivity index (χ1n) is 12.7. The van der Waals surface area contributed by atoms with Crippen molar-refractivity contribution >= 4 is 12.1 Å². The highest BCUT2D eigenvalue weighted by Gasteiger charge is 2.32. The molecule has 1 aliphatic rings. The van der Waals surface area contributed by atoms with Crippen molar-refractivity contribution in [2.24, 2.45) is 11.8 Å². The first kappa shape index (κ1) is 26.8. The maximum Gasteiger partial charge on any atom is 0.407 e. The fraction of sp³-hybridized carbons (Fsp3) is 0.920. The summed E-state index contributed by atoms with van der Waals surface area (Å²) in [6.45, 7) is 7.38. The molecular formula is C25H47NO4. The van der Waals surface area contributed by atoms with E-state index in [4.69, 9.17) is 9.47 Å². The first-order valence-corrected chi connectivity index (χ1v) is 12.7. The quantitative estimate of drug-likeness (QED) is 0.219. The molecule has 1 N–H and O–H groups in total. The molecule has 5 nitrogen and oxygen atoms in total. The Kier molecular flexibility index (Phi) is 15.6. The number of esters is 1. The predicted octanol–water partition coefficient (Wildman–Crippen LogP) is 6.78. The van der Waals surface area contributed by atoms with Crippen LogP contribution in [0.3, 0.4) is 0 Å². The molecule has 0 aromatic rings. The van der Waals surface area contributed by atoms with E-state index in [-0.39, 0.29) is 11.9 Å². The van der Waals surface area contributed by atoms with Crippen molar-refractivity contribution in [2.45, 2.75) is 123 Å². The van der Waals surface area contributed by atoms with Gasteiger partial charge in [0.1, 0.15) is 6.04 Å². The molecule has 0 saturated heterocycles. The van der Waals surface area contributed by atoms with Crippen molar-refractivity contribution in [3.63, 3.8) is 0 Å². The van der Waals surface area contributed by atoms with E-state index in [1.54, 1.807) is 0 Å². The van der Waals surface area contributed by atoms with Crippen molar-refractivity contribution in [1.29, 1.82) is 0 Å². The van der Waals surface area contributed by atoms with Crippen LogP contribution in [-0.4, -0.2) is 31.3 Å². The van der Waals surface area contributed by atoms with Gasteiger partial charge < -0.3 is 14.8 Å². The van der Waals surface area contributed by atoms with Gasteiger partial charge in [-0.3, -0.25) is 0 Å². The molecule has 0 bridgehead atoms. The second kappa shape index (κ2) is 17.4. The van der Waals surface area contributed by atoms with Gasteiger partial charge in [0.05, 0.1) is 13.2 Å². The summed E-state index contributed by atoms with van der Waals surface area (Å²) >= 11 is 0. The Bertz CT molecular complexity index is 448. The molecule has 1 saturated carbocycles. The molecule has 2 atom stereocenters. The van der Waals surface area contributed by atoms with E-state index in [9.17, 15) is 9.59 Å². The summed E-state index contributed by atoms with van der Waals surface area (Å²) in [5.74, 6) is 0.263. The minimum atomic E-state index is -0.575. The molecule has 0 aromatic carbocycles. The molecule has 1 rings (SSSR count). The number of hydrogen-bond donors (Lipinski definition) is 1. The van der Waals surface area contributed by atoms with E-state index in [0.29, 0.717) is 19.1 Å². The van der Waals surface area contributed by atoms with Crippen molar-refractivity contribution in [3.05, 3.63) is 0 Å². The highest BCUT2D eigenvalue weighted by Crippen LogP contribution is 2.27. The molecule has 1 fully saturated rings. The van der Waals surface area contributed by atoms with Crippen LogP contribution in [0.2, 0.25) is 0 Å². The Labute approximate surface area is 185 Å². The number of nitrogens with one attached hydrogen (secondary N) is 1. The smallest absolute Gasteiger partial charge is 0.407 e. The largest absolute Gasteiger partial charge is 0.464 e. The molecule has 0 aliphatic heterocycles. The van der Waals surface area contributed by atoms with Crippen LogP contribution < -0.4 is 5.32 Å². The second-order valence-corrected chi connectivity index (χ2v) is 8.97. The average molecular weight is 426 g/mol. The van der Waals surface area contributed by atoms with Crippen molar-refractivity contribution in [1.82, 2.24) is 5.32 Å². The van der Waals surface area contributed by atoms with Gasteiger partial charge >= 0.3 is 12.1 Å². The Morgan fingerprint density at radius 3 is 2.20 bits per heavy atom. The van der Waals surface area contributed by atoms with Gasteiger partial charge in [-0.05, 0) is 37.5 Å². The maximum atomic E-state index is 12.8. The molecule has 5 heteroatoms. The molecule has 1 aliphatic carbocycles. The molecule has 0 aromatic heterocycles. The zero-order chi connectivity index (χ0) is 22.0. The van der Waals surface area contributed by atoms with E-state index in [1.807, 2.05) is 0 Å². The highest BCUT2D eigenvalue weighted by molar-refractivity contribution is 5.81. The molecule has 0 spiro atoms. The van der Waals surface area contributed by atoms with Gasteiger partial charge in [0.2, 0.25) is 0 Å². The van der Waals surface area contributed by atoms with Crippen LogP contribution in [-0.2, 0) is 14.3 Å². The molecular weight excluding hydrogens is 378 g/mol. The van der Waals surface area contributed by atoms with Crippen LogP contribution in [0.25, 0.3) is 0 Å². The van der Waals surface area contributed by atoms with Gasteiger partial charge in [-0.2, -0.15) is 0 Å². The zero-order valence-corrected chi connectivity index (χ0v) is 19.9. The lowest BCUT2D eigenvalue weighted by molar-refractivity contribution is -0.148. The fourth-order valence-corrected chi connectivity index (χ4v) is 4.24. The molecule has 176 valence electrons. The molecule has 0 heterocycles. The van der Waals surface area contributed by atoms with Gasteiger partial charge in [-0.25, -0.2) is 9.59 Å². The predicted molar refractivity (Wildman–Crippen MR) is 122 cm³/mol. The number of carbonyl (C=O) groups excluding carboxylic acids is 2. The van der Waals surface area contributed by atoms with Crippen molar-refractivity contribution < 1.29 is 19.1 Å². The molecule has 0 radical (unpaired) electrons. The summed E-state index contributed by atoms with van der Waals surface area (Å²) in [6.07, 6.45) is 16.2. The summed E-state index contributed by atoms with van der Waals surface area (Å²) < 4.78 is 11.0. The van der Waals surface area contributed by atoms with Crippen LogP contribution in [0, 0.1) is 11.8 Å². The minimum absolute atomic E-state index is 0.158. The maximum absolute atomic E-state index is 12.8. The van der Waals surface area contributed by atoms with Gasteiger partial charge in [-0.15, -0.1) is 0 Å². The van der Waals surface area contributed by atoms with Crippen LogP contribution in [0.5, 0.6) is 0 Å². The van der Waals surface area contributed by atoms with Crippen LogP contribution in [0.4, 0.5) is 4.79 Å². The third-order valence-electron chi connectivity index (χ3n) is 6.38.